The molecule has 0 fully saturated rings. The molecule has 0 aliphatic carbocycles. The number of phosphoric acid groups is 1. The molecular weight excluding hydrogens is 555 g/mol. The first-order chi connectivity index (χ1) is 20.3. The molecule has 248 valence electrons. The monoisotopic (exact) mass is 618 g/mol. The quantitative estimate of drug-likeness (QED) is 0.0354. The Balaban J connectivity index is 4.21. The van der Waals surface area contributed by atoms with E-state index in [1.54, 1.807) is 6.92 Å². The number of allylic oxidation sites excluding steroid dienone is 2. The van der Waals surface area contributed by atoms with E-state index in [0.717, 1.165) is 51.4 Å². The molecule has 0 amide bonds. The molecule has 0 saturated heterocycles. The Morgan fingerprint density at radius 1 is 0.619 bits per heavy atom. The molecule has 1 N–H and O–H groups in total. The fourth-order valence-electron chi connectivity index (χ4n) is 4.57. The van der Waals surface area contributed by atoms with Gasteiger partial charge in [-0.15, -0.1) is 0 Å². The Morgan fingerprint density at radius 3 is 1.67 bits per heavy atom. The predicted octanol–water partition coefficient (Wildman–Crippen LogP) is 9.77. The summed E-state index contributed by atoms with van der Waals surface area (Å²) >= 11 is 0. The number of ether oxygens (including phenoxy) is 2. The highest BCUT2D eigenvalue weighted by molar-refractivity contribution is 7.47. The van der Waals surface area contributed by atoms with E-state index in [2.05, 4.69) is 26.0 Å². The van der Waals surface area contributed by atoms with E-state index < -0.39 is 26.5 Å². The number of carbonyl (C=O) groups is 2. The number of rotatable bonds is 31. The fourth-order valence-corrected chi connectivity index (χ4v) is 5.33. The van der Waals surface area contributed by atoms with Gasteiger partial charge in [0.2, 0.25) is 0 Å². The van der Waals surface area contributed by atoms with Crippen molar-refractivity contribution in [2.24, 2.45) is 0 Å². The van der Waals surface area contributed by atoms with Crippen molar-refractivity contribution in [1.29, 1.82) is 0 Å². The van der Waals surface area contributed by atoms with Crippen molar-refractivity contribution in [3.8, 4) is 0 Å². The highest BCUT2D eigenvalue weighted by Crippen LogP contribution is 2.43. The summed E-state index contributed by atoms with van der Waals surface area (Å²) in [7, 11) is -4.26. The van der Waals surface area contributed by atoms with Crippen molar-refractivity contribution < 1.29 is 37.6 Å². The van der Waals surface area contributed by atoms with Crippen LogP contribution < -0.4 is 0 Å². The highest BCUT2D eigenvalue weighted by Gasteiger charge is 2.25. The van der Waals surface area contributed by atoms with Crippen LogP contribution in [0.3, 0.4) is 0 Å². The topological polar surface area (TPSA) is 108 Å². The number of hydrogen-bond acceptors (Lipinski definition) is 7. The molecule has 0 radical (unpaired) electrons. The van der Waals surface area contributed by atoms with Gasteiger partial charge in [0.15, 0.2) is 6.10 Å². The molecule has 0 aliphatic rings. The van der Waals surface area contributed by atoms with E-state index in [4.69, 9.17) is 18.5 Å². The smallest absolute Gasteiger partial charge is 0.462 e. The minimum atomic E-state index is -4.26. The summed E-state index contributed by atoms with van der Waals surface area (Å²) in [5.74, 6) is -0.804. The van der Waals surface area contributed by atoms with Crippen LogP contribution in [0.2, 0.25) is 0 Å². The molecule has 0 aliphatic heterocycles. The molecule has 0 heterocycles. The molecular formula is C33H63O8P. The summed E-state index contributed by atoms with van der Waals surface area (Å²) < 4.78 is 32.4. The Labute approximate surface area is 257 Å². The normalized spacial score (nSPS) is 13.7. The van der Waals surface area contributed by atoms with E-state index >= 15 is 0 Å². The zero-order chi connectivity index (χ0) is 31.2. The Kier molecular flexibility index (Phi) is 29.0. The molecule has 2 atom stereocenters. The largest absolute Gasteiger partial charge is 0.472 e. The summed E-state index contributed by atoms with van der Waals surface area (Å²) in [6.45, 7) is 5.38. The lowest BCUT2D eigenvalue weighted by Gasteiger charge is -2.19. The Hall–Kier alpha value is -1.21. The van der Waals surface area contributed by atoms with Gasteiger partial charge in [-0.1, -0.05) is 122 Å². The highest BCUT2D eigenvalue weighted by atomic mass is 31.2. The average Bonchev–Trinajstić information content (AvgIpc) is 2.96. The minimum absolute atomic E-state index is 0.00207. The first-order valence-electron chi connectivity index (χ1n) is 17.0. The fraction of sp³-hybridized carbons (Fsp3) is 0.879. The molecule has 0 spiro atoms. The predicted molar refractivity (Wildman–Crippen MR) is 170 cm³/mol. The van der Waals surface area contributed by atoms with Crippen LogP contribution in [0.15, 0.2) is 12.2 Å². The molecule has 42 heavy (non-hydrogen) atoms. The first kappa shape index (κ1) is 40.8. The number of carbonyl (C=O) groups excluding carboxylic acids is 2. The van der Waals surface area contributed by atoms with E-state index in [1.807, 2.05) is 0 Å². The average molecular weight is 619 g/mol. The van der Waals surface area contributed by atoms with Crippen LogP contribution >= 0.6 is 7.82 Å². The van der Waals surface area contributed by atoms with E-state index in [9.17, 15) is 19.0 Å². The number of unbranched alkanes of at least 4 members (excludes halogenated alkanes) is 17. The van der Waals surface area contributed by atoms with Crippen molar-refractivity contribution in [1.82, 2.24) is 0 Å². The zero-order valence-corrected chi connectivity index (χ0v) is 28.1. The Morgan fingerprint density at radius 2 is 1.12 bits per heavy atom. The summed E-state index contributed by atoms with van der Waals surface area (Å²) in [6, 6.07) is 0. The molecule has 8 nitrogen and oxygen atoms in total. The summed E-state index contributed by atoms with van der Waals surface area (Å²) in [4.78, 5) is 34.4. The Bertz CT molecular complexity index is 712. The van der Waals surface area contributed by atoms with Crippen LogP contribution in [0.25, 0.3) is 0 Å². The maximum Gasteiger partial charge on any atom is 0.472 e. The van der Waals surface area contributed by atoms with Crippen LogP contribution in [0.5, 0.6) is 0 Å². The molecule has 0 aromatic carbocycles. The SMILES string of the molecule is CCC/C=C\CCCCCCCCCC(=O)O[C@H](COC(=O)CCCCCCCCCCCC)COP(=O)(O)OCC. The second kappa shape index (κ2) is 29.8. The van der Waals surface area contributed by atoms with Crippen LogP contribution in [-0.4, -0.2) is 42.8 Å². The second-order valence-corrected chi connectivity index (χ2v) is 12.6. The third-order valence-electron chi connectivity index (χ3n) is 7.05. The zero-order valence-electron chi connectivity index (χ0n) is 27.2. The minimum Gasteiger partial charge on any atom is -0.462 e. The van der Waals surface area contributed by atoms with Gasteiger partial charge in [-0.3, -0.25) is 18.6 Å². The lowest BCUT2D eigenvalue weighted by Crippen LogP contribution is -2.29. The van der Waals surface area contributed by atoms with Crippen molar-refractivity contribution in [2.75, 3.05) is 19.8 Å². The number of hydrogen-bond donors (Lipinski definition) is 1. The summed E-state index contributed by atoms with van der Waals surface area (Å²) in [5.41, 5.74) is 0. The van der Waals surface area contributed by atoms with Gasteiger partial charge in [-0.25, -0.2) is 4.57 Å². The number of phosphoric ester groups is 1. The van der Waals surface area contributed by atoms with Crippen LogP contribution in [0, 0.1) is 0 Å². The summed E-state index contributed by atoms with van der Waals surface area (Å²) in [5, 5.41) is 0. The van der Waals surface area contributed by atoms with Crippen LogP contribution in [-0.2, 0) is 32.7 Å². The lowest BCUT2D eigenvalue weighted by molar-refractivity contribution is -0.161. The summed E-state index contributed by atoms with van der Waals surface area (Å²) in [6.07, 6.45) is 26.9. The first-order valence-corrected chi connectivity index (χ1v) is 18.5. The van der Waals surface area contributed by atoms with E-state index in [0.29, 0.717) is 12.8 Å². The van der Waals surface area contributed by atoms with Gasteiger partial charge in [0.25, 0.3) is 0 Å². The van der Waals surface area contributed by atoms with Gasteiger partial charge in [0, 0.05) is 12.8 Å². The van der Waals surface area contributed by atoms with Gasteiger partial charge in [0.05, 0.1) is 13.2 Å². The van der Waals surface area contributed by atoms with Gasteiger partial charge < -0.3 is 14.4 Å². The lowest BCUT2D eigenvalue weighted by atomic mass is 10.1. The standard InChI is InChI=1S/C33H63O8P/c1-4-7-9-11-13-15-17-18-20-22-24-26-28-33(35)41-31(30-40-42(36,37)39-6-3)29-38-32(34)27-25-23-21-19-16-14-12-10-8-5-2/h9,11,31H,4-8,10,12-30H2,1-3H3,(H,36,37)/b11-9-/t31-/m1/s1. The molecule has 0 aromatic heterocycles. The van der Waals surface area contributed by atoms with E-state index in [-0.39, 0.29) is 25.6 Å². The number of esters is 2. The third kappa shape index (κ3) is 28.9. The van der Waals surface area contributed by atoms with Crippen molar-refractivity contribution in [3.05, 3.63) is 12.2 Å². The molecule has 0 saturated carbocycles. The third-order valence-corrected chi connectivity index (χ3v) is 8.11. The van der Waals surface area contributed by atoms with Gasteiger partial charge >= 0.3 is 19.8 Å². The van der Waals surface area contributed by atoms with Gasteiger partial charge in [0.1, 0.15) is 6.61 Å². The molecule has 0 rings (SSSR count). The van der Waals surface area contributed by atoms with Crippen molar-refractivity contribution in [2.45, 2.75) is 168 Å². The maximum atomic E-state index is 12.4. The molecule has 9 heteroatoms. The molecule has 1 unspecified atom stereocenters. The molecule has 0 aromatic rings. The second-order valence-electron chi connectivity index (χ2n) is 11.2. The molecule has 0 bridgehead atoms. The van der Waals surface area contributed by atoms with Gasteiger partial charge in [-0.2, -0.15) is 0 Å². The van der Waals surface area contributed by atoms with Crippen LogP contribution in [0.1, 0.15) is 162 Å². The van der Waals surface area contributed by atoms with E-state index in [1.165, 1.54) is 70.6 Å². The van der Waals surface area contributed by atoms with Crippen molar-refractivity contribution in [3.63, 3.8) is 0 Å². The van der Waals surface area contributed by atoms with Gasteiger partial charge in [-0.05, 0) is 39.0 Å². The van der Waals surface area contributed by atoms with Crippen LogP contribution in [0.4, 0.5) is 0 Å². The van der Waals surface area contributed by atoms with Crippen molar-refractivity contribution >= 4 is 19.8 Å². The maximum absolute atomic E-state index is 12.4.